The molecule has 36 heavy (non-hydrogen) atoms. The second kappa shape index (κ2) is 8.39. The Labute approximate surface area is 211 Å². The molecule has 1 aromatic heterocycles. The van der Waals surface area contributed by atoms with Crippen molar-refractivity contribution in [3.63, 3.8) is 0 Å². The van der Waals surface area contributed by atoms with E-state index in [0.29, 0.717) is 0 Å². The van der Waals surface area contributed by atoms with E-state index < -0.39 is 0 Å². The topological polar surface area (TPSA) is 13.1 Å². The molecular formula is C35H26O. The summed E-state index contributed by atoms with van der Waals surface area (Å²) in [6, 6.07) is 33.2. The zero-order valence-electron chi connectivity index (χ0n) is 20.3. The van der Waals surface area contributed by atoms with Gasteiger partial charge in [-0.1, -0.05) is 103 Å². The summed E-state index contributed by atoms with van der Waals surface area (Å²) < 4.78 is 6.37. The normalized spacial score (nSPS) is 13.2. The first kappa shape index (κ1) is 21.0. The highest BCUT2D eigenvalue weighted by atomic mass is 16.3. The minimum Gasteiger partial charge on any atom is -0.456 e. The largest absolute Gasteiger partial charge is 0.456 e. The van der Waals surface area contributed by atoms with Crippen LogP contribution < -0.4 is 0 Å². The molecule has 0 fully saturated rings. The van der Waals surface area contributed by atoms with Crippen molar-refractivity contribution in [1.82, 2.24) is 0 Å². The third kappa shape index (κ3) is 3.24. The van der Waals surface area contributed by atoms with E-state index in [1.54, 1.807) is 0 Å². The Morgan fingerprint density at radius 3 is 2.06 bits per heavy atom. The molecule has 5 aromatic carbocycles. The second-order valence-corrected chi connectivity index (χ2v) is 9.57. The standard InChI is InChI=1S/C35H26O/c1-2-3-5-12-27-22-26-11-8-13-32(35(26)36-27)29-19-17-25-15-14-24-16-18-28(23-9-6-4-7-10-23)30-20-21-31(29)34(25)33(24)30/h2-19,22H,20-21H2,1H3/b3-2-,12-5-. The van der Waals surface area contributed by atoms with E-state index in [1.807, 2.05) is 31.2 Å². The molecule has 0 unspecified atom stereocenters. The lowest BCUT2D eigenvalue weighted by atomic mass is 9.80. The van der Waals surface area contributed by atoms with Crippen molar-refractivity contribution in [3.05, 3.63) is 126 Å². The molecule has 0 aliphatic heterocycles. The van der Waals surface area contributed by atoms with E-state index in [4.69, 9.17) is 4.42 Å². The van der Waals surface area contributed by atoms with Gasteiger partial charge >= 0.3 is 0 Å². The fourth-order valence-electron chi connectivity index (χ4n) is 5.93. The fraction of sp³-hybridized carbons (Fsp3) is 0.0857. The molecule has 0 N–H and O–H groups in total. The van der Waals surface area contributed by atoms with Crippen LogP contribution in [0.2, 0.25) is 0 Å². The molecule has 6 aromatic rings. The summed E-state index contributed by atoms with van der Waals surface area (Å²) in [5, 5.41) is 6.59. The smallest absolute Gasteiger partial charge is 0.142 e. The molecule has 1 aliphatic carbocycles. The van der Waals surface area contributed by atoms with Crippen LogP contribution in [0.4, 0.5) is 0 Å². The Morgan fingerprint density at radius 2 is 1.31 bits per heavy atom. The van der Waals surface area contributed by atoms with Gasteiger partial charge in [0.05, 0.1) is 0 Å². The third-order valence-electron chi connectivity index (χ3n) is 7.51. The average molecular weight is 463 g/mol. The molecule has 0 saturated carbocycles. The second-order valence-electron chi connectivity index (χ2n) is 9.57. The van der Waals surface area contributed by atoms with Gasteiger partial charge in [-0.2, -0.15) is 0 Å². The first-order chi connectivity index (χ1) is 17.8. The molecule has 1 aliphatic rings. The maximum atomic E-state index is 6.37. The Bertz CT molecular complexity index is 1830. The van der Waals surface area contributed by atoms with E-state index in [2.05, 4.69) is 91.0 Å². The lowest BCUT2D eigenvalue weighted by Crippen LogP contribution is -2.05. The molecule has 1 heterocycles. The van der Waals surface area contributed by atoms with Crippen LogP contribution in [0.3, 0.4) is 0 Å². The molecule has 0 spiro atoms. The summed E-state index contributed by atoms with van der Waals surface area (Å²) in [5.41, 5.74) is 8.99. The summed E-state index contributed by atoms with van der Waals surface area (Å²) in [4.78, 5) is 0. The maximum Gasteiger partial charge on any atom is 0.142 e. The third-order valence-corrected chi connectivity index (χ3v) is 7.51. The molecule has 0 radical (unpaired) electrons. The van der Waals surface area contributed by atoms with E-state index in [0.717, 1.165) is 29.6 Å². The van der Waals surface area contributed by atoms with Crippen molar-refractivity contribution >= 4 is 38.6 Å². The number of aryl methyl sites for hydroxylation is 2. The summed E-state index contributed by atoms with van der Waals surface area (Å²) >= 11 is 0. The predicted octanol–water partition coefficient (Wildman–Crippen LogP) is 9.76. The van der Waals surface area contributed by atoms with E-state index in [9.17, 15) is 0 Å². The number of hydrogen-bond donors (Lipinski definition) is 0. The molecule has 7 rings (SSSR count). The quantitative estimate of drug-likeness (QED) is 0.188. The van der Waals surface area contributed by atoms with Gasteiger partial charge in [-0.25, -0.2) is 0 Å². The SMILES string of the molecule is C/C=C\C=C/c1cc2cccc(-c3ccc4ccc5ccc(-c6ccccc6)c6c5c4c3CC6)c2o1. The van der Waals surface area contributed by atoms with Gasteiger partial charge in [0.25, 0.3) is 0 Å². The van der Waals surface area contributed by atoms with Gasteiger partial charge < -0.3 is 4.42 Å². The highest BCUT2D eigenvalue weighted by Gasteiger charge is 2.22. The summed E-state index contributed by atoms with van der Waals surface area (Å²) in [7, 11) is 0. The monoisotopic (exact) mass is 462 g/mol. The number of rotatable bonds is 4. The first-order valence-corrected chi connectivity index (χ1v) is 12.7. The minimum atomic E-state index is 0.880. The molecule has 1 heteroatoms. The van der Waals surface area contributed by atoms with Crippen molar-refractivity contribution < 1.29 is 4.42 Å². The van der Waals surface area contributed by atoms with Crippen molar-refractivity contribution in [3.8, 4) is 22.3 Å². The molecule has 0 bridgehead atoms. The number of allylic oxidation sites excluding steroid dienone is 3. The predicted molar refractivity (Wildman–Crippen MR) is 153 cm³/mol. The van der Waals surface area contributed by atoms with Crippen LogP contribution >= 0.6 is 0 Å². The average Bonchev–Trinajstić information content (AvgIpc) is 3.35. The van der Waals surface area contributed by atoms with Crippen LogP contribution in [0.1, 0.15) is 23.8 Å². The molecular weight excluding hydrogens is 436 g/mol. The Balaban J connectivity index is 1.49. The number of benzene rings is 5. The van der Waals surface area contributed by atoms with E-state index >= 15 is 0 Å². The molecule has 0 saturated heterocycles. The van der Waals surface area contributed by atoms with E-state index in [-0.39, 0.29) is 0 Å². The van der Waals surface area contributed by atoms with Gasteiger partial charge in [-0.3, -0.25) is 0 Å². The van der Waals surface area contributed by atoms with Crippen molar-refractivity contribution in [2.45, 2.75) is 19.8 Å². The van der Waals surface area contributed by atoms with Crippen LogP contribution in [-0.4, -0.2) is 0 Å². The van der Waals surface area contributed by atoms with Gasteiger partial charge in [0.2, 0.25) is 0 Å². The van der Waals surface area contributed by atoms with Crippen LogP contribution in [-0.2, 0) is 12.8 Å². The summed E-state index contributed by atoms with van der Waals surface area (Å²) in [5.74, 6) is 0.880. The highest BCUT2D eigenvalue weighted by molar-refractivity contribution is 6.15. The minimum absolute atomic E-state index is 0.880. The van der Waals surface area contributed by atoms with E-state index in [1.165, 1.54) is 54.9 Å². The van der Waals surface area contributed by atoms with Gasteiger partial charge in [-0.05, 0) is 81.3 Å². The van der Waals surface area contributed by atoms with Gasteiger partial charge in [-0.15, -0.1) is 0 Å². The summed E-state index contributed by atoms with van der Waals surface area (Å²) in [6.45, 7) is 2.02. The number of furan rings is 1. The van der Waals surface area contributed by atoms with Crippen molar-refractivity contribution in [1.29, 1.82) is 0 Å². The Morgan fingerprint density at radius 1 is 0.611 bits per heavy atom. The molecule has 0 atom stereocenters. The van der Waals surface area contributed by atoms with Crippen LogP contribution in [0.25, 0.3) is 60.8 Å². The Kier molecular flexibility index (Phi) is 4.89. The van der Waals surface area contributed by atoms with Gasteiger partial charge in [0.1, 0.15) is 11.3 Å². The lowest BCUT2D eigenvalue weighted by Gasteiger charge is -2.24. The molecule has 1 nitrogen and oxygen atoms in total. The zero-order valence-corrected chi connectivity index (χ0v) is 20.3. The Hall–Kier alpha value is -4.36. The molecule has 172 valence electrons. The van der Waals surface area contributed by atoms with Crippen molar-refractivity contribution in [2.75, 3.05) is 0 Å². The first-order valence-electron chi connectivity index (χ1n) is 12.7. The van der Waals surface area contributed by atoms with Crippen LogP contribution in [0, 0.1) is 0 Å². The number of para-hydroxylation sites is 1. The zero-order chi connectivity index (χ0) is 24.1. The van der Waals surface area contributed by atoms with Gasteiger partial charge in [0.15, 0.2) is 0 Å². The fourth-order valence-corrected chi connectivity index (χ4v) is 5.93. The van der Waals surface area contributed by atoms with Crippen LogP contribution in [0.15, 0.2) is 114 Å². The number of hydrogen-bond acceptors (Lipinski definition) is 1. The lowest BCUT2D eigenvalue weighted by molar-refractivity contribution is 0.605. The number of fused-ring (bicyclic) bond motifs is 1. The molecule has 0 amide bonds. The van der Waals surface area contributed by atoms with Crippen molar-refractivity contribution in [2.24, 2.45) is 0 Å². The maximum absolute atomic E-state index is 6.37. The van der Waals surface area contributed by atoms with Crippen LogP contribution in [0.5, 0.6) is 0 Å². The summed E-state index contributed by atoms with van der Waals surface area (Å²) in [6.07, 6.45) is 10.2. The highest BCUT2D eigenvalue weighted by Crippen LogP contribution is 2.44. The van der Waals surface area contributed by atoms with Gasteiger partial charge in [0, 0.05) is 10.9 Å².